The van der Waals surface area contributed by atoms with Crippen molar-refractivity contribution in [2.45, 2.75) is 32.6 Å². The number of benzene rings is 1. The van der Waals surface area contributed by atoms with Gasteiger partial charge in [-0.15, -0.1) is 0 Å². The summed E-state index contributed by atoms with van der Waals surface area (Å²) in [7, 11) is 0. The molecule has 132 valence electrons. The van der Waals surface area contributed by atoms with Gasteiger partial charge in [0.25, 0.3) is 0 Å². The molecule has 1 atom stereocenters. The van der Waals surface area contributed by atoms with Crippen molar-refractivity contribution in [2.75, 3.05) is 31.2 Å². The Morgan fingerprint density at radius 3 is 2.71 bits per heavy atom. The van der Waals surface area contributed by atoms with E-state index in [-0.39, 0.29) is 30.0 Å². The number of unbranched alkanes of at least 4 members (excludes halogenated alkanes) is 1. The fourth-order valence-corrected chi connectivity index (χ4v) is 2.63. The SMILES string of the molecule is CCCCOCCCNC(=O)C1CC(=O)N(c2ccc(F)cc2)C1. The molecule has 1 heterocycles. The Kier molecular flexibility index (Phi) is 7.18. The predicted octanol–water partition coefficient (Wildman–Crippen LogP) is 2.50. The van der Waals surface area contributed by atoms with Crippen LogP contribution in [0, 0.1) is 11.7 Å². The Balaban J connectivity index is 1.72. The van der Waals surface area contributed by atoms with Gasteiger partial charge in [-0.1, -0.05) is 13.3 Å². The molecule has 1 saturated heterocycles. The Labute approximate surface area is 142 Å². The molecule has 0 spiro atoms. The van der Waals surface area contributed by atoms with E-state index in [0.29, 0.717) is 25.4 Å². The van der Waals surface area contributed by atoms with Crippen LogP contribution in [0.1, 0.15) is 32.6 Å². The normalized spacial score (nSPS) is 17.3. The number of nitrogens with one attached hydrogen (secondary N) is 1. The minimum atomic E-state index is -0.358. The van der Waals surface area contributed by atoms with Gasteiger partial charge in [-0.25, -0.2) is 4.39 Å². The lowest BCUT2D eigenvalue weighted by molar-refractivity contribution is -0.126. The van der Waals surface area contributed by atoms with Crippen molar-refractivity contribution in [1.82, 2.24) is 5.32 Å². The van der Waals surface area contributed by atoms with E-state index in [4.69, 9.17) is 4.74 Å². The fourth-order valence-electron chi connectivity index (χ4n) is 2.63. The number of amides is 2. The van der Waals surface area contributed by atoms with Crippen LogP contribution < -0.4 is 10.2 Å². The first-order valence-corrected chi connectivity index (χ1v) is 8.53. The van der Waals surface area contributed by atoms with Gasteiger partial charge in [0.15, 0.2) is 0 Å². The molecule has 2 amide bonds. The lowest BCUT2D eigenvalue weighted by Crippen LogP contribution is -2.33. The van der Waals surface area contributed by atoms with Gasteiger partial charge in [0.1, 0.15) is 5.82 Å². The van der Waals surface area contributed by atoms with Crippen LogP contribution in [0.5, 0.6) is 0 Å². The molecule has 0 bridgehead atoms. The number of nitrogens with zero attached hydrogens (tertiary/aromatic N) is 1. The molecule has 1 aliphatic heterocycles. The third-order valence-corrected chi connectivity index (χ3v) is 4.04. The summed E-state index contributed by atoms with van der Waals surface area (Å²) in [5.41, 5.74) is 0.626. The first kappa shape index (κ1) is 18.4. The highest BCUT2D eigenvalue weighted by atomic mass is 19.1. The van der Waals surface area contributed by atoms with Gasteiger partial charge >= 0.3 is 0 Å². The van der Waals surface area contributed by atoms with Crippen LogP contribution >= 0.6 is 0 Å². The molecule has 0 radical (unpaired) electrons. The minimum Gasteiger partial charge on any atom is -0.381 e. The van der Waals surface area contributed by atoms with E-state index in [1.807, 2.05) is 0 Å². The second-order valence-electron chi connectivity index (χ2n) is 5.99. The van der Waals surface area contributed by atoms with Crippen molar-refractivity contribution in [3.05, 3.63) is 30.1 Å². The summed E-state index contributed by atoms with van der Waals surface area (Å²) in [6.45, 7) is 4.39. The van der Waals surface area contributed by atoms with Crippen molar-refractivity contribution in [3.8, 4) is 0 Å². The van der Waals surface area contributed by atoms with Gasteiger partial charge in [0.05, 0.1) is 5.92 Å². The standard InChI is InChI=1S/C18H25FN2O3/c1-2-3-10-24-11-4-9-20-18(23)14-12-17(22)21(13-14)16-7-5-15(19)6-8-16/h5-8,14H,2-4,9-13H2,1H3,(H,20,23). The summed E-state index contributed by atoms with van der Waals surface area (Å²) in [6, 6.07) is 5.74. The number of hydrogen-bond donors (Lipinski definition) is 1. The van der Waals surface area contributed by atoms with Gasteiger partial charge in [0, 0.05) is 38.4 Å². The Morgan fingerprint density at radius 1 is 1.29 bits per heavy atom. The smallest absolute Gasteiger partial charge is 0.227 e. The van der Waals surface area contributed by atoms with Crippen LogP contribution in [0.4, 0.5) is 10.1 Å². The number of carbonyl (C=O) groups is 2. The monoisotopic (exact) mass is 336 g/mol. The second-order valence-corrected chi connectivity index (χ2v) is 5.99. The summed E-state index contributed by atoms with van der Waals surface area (Å²) < 4.78 is 18.4. The summed E-state index contributed by atoms with van der Waals surface area (Å²) in [5, 5.41) is 2.86. The first-order chi connectivity index (χ1) is 11.6. The van der Waals surface area contributed by atoms with Crippen LogP contribution in [0.2, 0.25) is 0 Å². The molecule has 0 saturated carbocycles. The molecule has 1 N–H and O–H groups in total. The molecule has 5 nitrogen and oxygen atoms in total. The highest BCUT2D eigenvalue weighted by Gasteiger charge is 2.34. The van der Waals surface area contributed by atoms with Crippen LogP contribution in [0.15, 0.2) is 24.3 Å². The van der Waals surface area contributed by atoms with E-state index in [1.54, 1.807) is 12.1 Å². The zero-order chi connectivity index (χ0) is 17.4. The van der Waals surface area contributed by atoms with Gasteiger partial charge < -0.3 is 15.0 Å². The Hall–Kier alpha value is -1.95. The molecule has 2 rings (SSSR count). The molecule has 1 fully saturated rings. The summed E-state index contributed by atoms with van der Waals surface area (Å²) in [5.74, 6) is -0.921. The average molecular weight is 336 g/mol. The molecule has 6 heteroatoms. The number of rotatable bonds is 9. The van der Waals surface area contributed by atoms with E-state index in [9.17, 15) is 14.0 Å². The second kappa shape index (κ2) is 9.37. The van der Waals surface area contributed by atoms with Crippen LogP contribution in [-0.2, 0) is 14.3 Å². The molecule has 1 aromatic carbocycles. The maximum absolute atomic E-state index is 13.0. The molecule has 24 heavy (non-hydrogen) atoms. The topological polar surface area (TPSA) is 58.6 Å². The largest absolute Gasteiger partial charge is 0.381 e. The summed E-state index contributed by atoms with van der Waals surface area (Å²) in [6.07, 6.45) is 3.11. The molecule has 1 aromatic rings. The fraction of sp³-hybridized carbons (Fsp3) is 0.556. The van der Waals surface area contributed by atoms with E-state index in [2.05, 4.69) is 12.2 Å². The maximum Gasteiger partial charge on any atom is 0.227 e. The molecular formula is C18H25FN2O3. The zero-order valence-electron chi connectivity index (χ0n) is 14.1. The number of halogens is 1. The molecular weight excluding hydrogens is 311 g/mol. The molecule has 0 aliphatic carbocycles. The van der Waals surface area contributed by atoms with Gasteiger partial charge in [-0.3, -0.25) is 9.59 Å². The molecule has 0 aromatic heterocycles. The lowest BCUT2D eigenvalue weighted by Gasteiger charge is -2.16. The van der Waals surface area contributed by atoms with Crippen LogP contribution in [0.25, 0.3) is 0 Å². The van der Waals surface area contributed by atoms with Crippen molar-refractivity contribution >= 4 is 17.5 Å². The Bertz CT molecular complexity index is 548. The van der Waals surface area contributed by atoms with E-state index >= 15 is 0 Å². The lowest BCUT2D eigenvalue weighted by atomic mass is 10.1. The van der Waals surface area contributed by atoms with Crippen LogP contribution in [-0.4, -0.2) is 38.1 Å². The average Bonchev–Trinajstić information content (AvgIpc) is 2.96. The third-order valence-electron chi connectivity index (χ3n) is 4.04. The van der Waals surface area contributed by atoms with Gasteiger partial charge in [0.2, 0.25) is 11.8 Å². The highest BCUT2D eigenvalue weighted by Crippen LogP contribution is 2.25. The zero-order valence-corrected chi connectivity index (χ0v) is 14.1. The third kappa shape index (κ3) is 5.30. The first-order valence-electron chi connectivity index (χ1n) is 8.53. The Morgan fingerprint density at radius 2 is 2.00 bits per heavy atom. The number of hydrogen-bond acceptors (Lipinski definition) is 3. The highest BCUT2D eigenvalue weighted by molar-refractivity contribution is 6.00. The number of ether oxygens (including phenoxy) is 1. The van der Waals surface area contributed by atoms with Gasteiger partial charge in [-0.05, 0) is 37.1 Å². The van der Waals surface area contributed by atoms with E-state index in [0.717, 1.165) is 25.9 Å². The maximum atomic E-state index is 13.0. The number of carbonyl (C=O) groups excluding carboxylic acids is 2. The van der Waals surface area contributed by atoms with E-state index in [1.165, 1.54) is 17.0 Å². The van der Waals surface area contributed by atoms with Gasteiger partial charge in [-0.2, -0.15) is 0 Å². The van der Waals surface area contributed by atoms with Crippen LogP contribution in [0.3, 0.4) is 0 Å². The minimum absolute atomic E-state index is 0.107. The number of anilines is 1. The van der Waals surface area contributed by atoms with Crippen molar-refractivity contribution in [2.24, 2.45) is 5.92 Å². The quantitative estimate of drug-likeness (QED) is 0.705. The predicted molar refractivity (Wildman–Crippen MR) is 90.2 cm³/mol. The van der Waals surface area contributed by atoms with Crippen molar-refractivity contribution in [1.29, 1.82) is 0 Å². The van der Waals surface area contributed by atoms with Crippen molar-refractivity contribution in [3.63, 3.8) is 0 Å². The van der Waals surface area contributed by atoms with E-state index < -0.39 is 0 Å². The van der Waals surface area contributed by atoms with Crippen molar-refractivity contribution < 1.29 is 18.7 Å². The summed E-state index contributed by atoms with van der Waals surface area (Å²) in [4.78, 5) is 25.8. The molecule has 1 unspecified atom stereocenters. The summed E-state index contributed by atoms with van der Waals surface area (Å²) >= 11 is 0. The molecule has 1 aliphatic rings.